The van der Waals surface area contributed by atoms with Crippen molar-refractivity contribution in [3.05, 3.63) is 35.0 Å². The Morgan fingerprint density at radius 3 is 2.56 bits per heavy atom. The zero-order valence-electron chi connectivity index (χ0n) is 10.5. The van der Waals surface area contributed by atoms with Crippen LogP contribution in [0, 0.1) is 6.92 Å². The lowest BCUT2D eigenvalue weighted by molar-refractivity contribution is 0.555. The van der Waals surface area contributed by atoms with E-state index in [1.54, 1.807) is 0 Å². The van der Waals surface area contributed by atoms with Gasteiger partial charge in [0, 0.05) is 22.1 Å². The van der Waals surface area contributed by atoms with Crippen LogP contribution in [0.2, 0.25) is 0 Å². The van der Waals surface area contributed by atoms with Gasteiger partial charge in [0.05, 0.1) is 0 Å². The topological polar surface area (TPSA) is 41.8 Å². The van der Waals surface area contributed by atoms with Gasteiger partial charge in [-0.3, -0.25) is 0 Å². The van der Waals surface area contributed by atoms with Gasteiger partial charge in [0.25, 0.3) is 0 Å². The molecule has 0 radical (unpaired) electrons. The minimum absolute atomic E-state index is 0.297. The van der Waals surface area contributed by atoms with Gasteiger partial charge in [-0.15, -0.1) is 0 Å². The molecule has 0 amide bonds. The van der Waals surface area contributed by atoms with Crippen LogP contribution in [0.15, 0.2) is 18.2 Å². The summed E-state index contributed by atoms with van der Waals surface area (Å²) in [6, 6.07) is 6.44. The molecule has 0 aliphatic rings. The van der Waals surface area contributed by atoms with Crippen molar-refractivity contribution < 1.29 is 0 Å². The zero-order chi connectivity index (χ0) is 11.9. The number of benzene rings is 1. The van der Waals surface area contributed by atoms with Gasteiger partial charge in [-0.25, -0.2) is 0 Å². The minimum Gasteiger partial charge on any atom is -0.358 e. The number of fused-ring (bicyclic) bond motifs is 1. The molecular weight excluding hydrogens is 196 g/mol. The fraction of sp³-hybridized carbons (Fsp3) is 0.429. The monoisotopic (exact) mass is 216 g/mol. The van der Waals surface area contributed by atoms with Crippen LogP contribution in [0.1, 0.15) is 37.6 Å². The van der Waals surface area contributed by atoms with Gasteiger partial charge in [0.15, 0.2) is 0 Å². The number of nitrogens with one attached hydrogen (secondary N) is 1. The van der Waals surface area contributed by atoms with Gasteiger partial charge >= 0.3 is 0 Å². The second-order valence-electron chi connectivity index (χ2n) is 5.04. The van der Waals surface area contributed by atoms with Crippen molar-refractivity contribution in [1.29, 1.82) is 0 Å². The number of hydrogen-bond donors (Lipinski definition) is 2. The highest BCUT2D eigenvalue weighted by Gasteiger charge is 2.22. The summed E-state index contributed by atoms with van der Waals surface area (Å²) in [6.45, 7) is 8.39. The summed E-state index contributed by atoms with van der Waals surface area (Å²) in [6.07, 6.45) is 1.04. The fourth-order valence-corrected chi connectivity index (χ4v) is 2.53. The summed E-state index contributed by atoms with van der Waals surface area (Å²) < 4.78 is 0. The lowest BCUT2D eigenvalue weighted by Gasteiger charge is -2.19. The molecule has 0 unspecified atom stereocenters. The number of rotatable bonds is 2. The molecule has 2 rings (SSSR count). The number of aromatic nitrogens is 1. The third kappa shape index (κ3) is 1.63. The van der Waals surface area contributed by atoms with Crippen LogP contribution in [-0.2, 0) is 12.0 Å². The van der Waals surface area contributed by atoms with Crippen LogP contribution < -0.4 is 5.73 Å². The lowest BCUT2D eigenvalue weighted by atomic mass is 9.92. The van der Waals surface area contributed by atoms with Crippen LogP contribution in [0.4, 0.5) is 0 Å². The van der Waals surface area contributed by atoms with E-state index in [9.17, 15) is 0 Å². The van der Waals surface area contributed by atoms with Crippen molar-refractivity contribution in [3.8, 4) is 0 Å². The summed E-state index contributed by atoms with van der Waals surface area (Å²) in [5.74, 6) is 0. The second-order valence-corrected chi connectivity index (χ2v) is 5.04. The van der Waals surface area contributed by atoms with E-state index in [0.717, 1.165) is 6.42 Å². The van der Waals surface area contributed by atoms with Crippen molar-refractivity contribution in [2.45, 2.75) is 39.7 Å². The summed E-state index contributed by atoms with van der Waals surface area (Å²) in [5.41, 5.74) is 11.0. The molecule has 2 nitrogen and oxygen atoms in total. The molecule has 1 aromatic carbocycles. The molecule has 1 heterocycles. The van der Waals surface area contributed by atoms with Gasteiger partial charge < -0.3 is 10.7 Å². The Hall–Kier alpha value is -1.28. The Balaban J connectivity index is 2.81. The smallest absolute Gasteiger partial charge is 0.0492 e. The first kappa shape index (κ1) is 11.2. The van der Waals surface area contributed by atoms with Crippen LogP contribution in [0.5, 0.6) is 0 Å². The van der Waals surface area contributed by atoms with Gasteiger partial charge in [-0.2, -0.15) is 0 Å². The Kier molecular flexibility index (Phi) is 2.55. The first-order valence-corrected chi connectivity index (χ1v) is 5.84. The predicted octanol–water partition coefficient (Wildman–Crippen LogP) is 3.23. The standard InChI is InChI=1S/C14H20N2/c1-5-10-7-6-8-11-12(14(3,4)15)9(2)16-13(10)11/h6-8,16H,5,15H2,1-4H3. The fourth-order valence-electron chi connectivity index (χ4n) is 2.53. The summed E-state index contributed by atoms with van der Waals surface area (Å²) in [4.78, 5) is 3.47. The maximum absolute atomic E-state index is 6.24. The third-order valence-corrected chi connectivity index (χ3v) is 3.13. The van der Waals surface area contributed by atoms with Gasteiger partial charge in [0.2, 0.25) is 0 Å². The van der Waals surface area contributed by atoms with E-state index in [2.05, 4.69) is 50.9 Å². The molecule has 3 N–H and O–H groups in total. The number of para-hydroxylation sites is 1. The highest BCUT2D eigenvalue weighted by Crippen LogP contribution is 2.31. The van der Waals surface area contributed by atoms with E-state index >= 15 is 0 Å². The normalized spacial score (nSPS) is 12.3. The molecule has 0 bridgehead atoms. The molecule has 86 valence electrons. The van der Waals surface area contributed by atoms with E-state index in [4.69, 9.17) is 5.73 Å². The van der Waals surface area contributed by atoms with Crippen molar-refractivity contribution in [2.24, 2.45) is 5.73 Å². The molecule has 0 fully saturated rings. The molecule has 0 saturated carbocycles. The highest BCUT2D eigenvalue weighted by atomic mass is 14.8. The lowest BCUT2D eigenvalue weighted by Crippen LogP contribution is -2.29. The third-order valence-electron chi connectivity index (χ3n) is 3.13. The van der Waals surface area contributed by atoms with Crippen LogP contribution in [0.3, 0.4) is 0 Å². The summed E-state index contributed by atoms with van der Waals surface area (Å²) in [7, 11) is 0. The molecule has 2 aromatic rings. The number of nitrogens with two attached hydrogens (primary N) is 1. The number of aromatic amines is 1. The van der Waals surface area contributed by atoms with Gasteiger partial charge in [0.1, 0.15) is 0 Å². The molecule has 2 heteroatoms. The highest BCUT2D eigenvalue weighted by molar-refractivity contribution is 5.88. The van der Waals surface area contributed by atoms with Crippen molar-refractivity contribution >= 4 is 10.9 Å². The average molecular weight is 216 g/mol. The predicted molar refractivity (Wildman–Crippen MR) is 69.6 cm³/mol. The summed E-state index contributed by atoms with van der Waals surface area (Å²) in [5, 5.41) is 1.27. The van der Waals surface area contributed by atoms with E-state index < -0.39 is 0 Å². The largest absolute Gasteiger partial charge is 0.358 e. The molecular formula is C14H20N2. The van der Waals surface area contributed by atoms with Crippen LogP contribution in [-0.4, -0.2) is 4.98 Å². The maximum atomic E-state index is 6.24. The SMILES string of the molecule is CCc1cccc2c(C(C)(C)N)c(C)[nH]c12. The second kappa shape index (κ2) is 3.63. The number of H-pyrrole nitrogens is 1. The van der Waals surface area contributed by atoms with Gasteiger partial charge in [-0.1, -0.05) is 25.1 Å². The molecule has 0 saturated heterocycles. The molecule has 1 aromatic heterocycles. The van der Waals surface area contributed by atoms with E-state index in [-0.39, 0.29) is 5.54 Å². The first-order chi connectivity index (χ1) is 7.45. The van der Waals surface area contributed by atoms with E-state index in [1.807, 2.05) is 0 Å². The Bertz CT molecular complexity index is 515. The van der Waals surface area contributed by atoms with Crippen molar-refractivity contribution in [2.75, 3.05) is 0 Å². The molecule has 0 atom stereocenters. The maximum Gasteiger partial charge on any atom is 0.0492 e. The Labute approximate surface area is 96.9 Å². The van der Waals surface area contributed by atoms with Crippen LogP contribution >= 0.6 is 0 Å². The Morgan fingerprint density at radius 2 is 2.00 bits per heavy atom. The number of hydrogen-bond acceptors (Lipinski definition) is 1. The van der Waals surface area contributed by atoms with Crippen LogP contribution in [0.25, 0.3) is 10.9 Å². The minimum atomic E-state index is -0.297. The van der Waals surface area contributed by atoms with Crippen molar-refractivity contribution in [1.82, 2.24) is 4.98 Å². The molecule has 0 aliphatic carbocycles. The zero-order valence-corrected chi connectivity index (χ0v) is 10.5. The first-order valence-electron chi connectivity index (χ1n) is 5.84. The van der Waals surface area contributed by atoms with E-state index in [0.29, 0.717) is 0 Å². The molecule has 16 heavy (non-hydrogen) atoms. The summed E-state index contributed by atoms with van der Waals surface area (Å²) >= 11 is 0. The molecule has 0 aliphatic heterocycles. The number of aryl methyl sites for hydroxylation is 2. The van der Waals surface area contributed by atoms with Gasteiger partial charge in [-0.05, 0) is 38.3 Å². The van der Waals surface area contributed by atoms with Crippen molar-refractivity contribution in [3.63, 3.8) is 0 Å². The quantitative estimate of drug-likeness (QED) is 0.795. The Morgan fingerprint density at radius 1 is 1.31 bits per heavy atom. The average Bonchev–Trinajstić information content (AvgIpc) is 2.52. The molecule has 0 spiro atoms. The van der Waals surface area contributed by atoms with E-state index in [1.165, 1.54) is 27.7 Å².